The molecule has 4 rings (SSSR count). The molecular weight excluding hydrogens is 429 g/mol. The van der Waals surface area contributed by atoms with Crippen LogP contribution in [0.15, 0.2) is 47.6 Å². The molecule has 0 spiro atoms. The van der Waals surface area contributed by atoms with Gasteiger partial charge in [-0.05, 0) is 69.2 Å². The first-order valence-electron chi connectivity index (χ1n) is 10.8. The quantitative estimate of drug-likeness (QED) is 0.328. The number of aromatic nitrogens is 3. The van der Waals surface area contributed by atoms with Crippen LogP contribution in [0.1, 0.15) is 42.6 Å². The lowest BCUT2D eigenvalue weighted by atomic mass is 10.1. The van der Waals surface area contributed by atoms with Crippen molar-refractivity contribution in [3.63, 3.8) is 0 Å². The molecule has 32 heavy (non-hydrogen) atoms. The minimum absolute atomic E-state index is 0.0134. The van der Waals surface area contributed by atoms with Crippen molar-refractivity contribution in [3.8, 4) is 17.1 Å². The first-order valence-corrected chi connectivity index (χ1v) is 11.7. The summed E-state index contributed by atoms with van der Waals surface area (Å²) in [6.45, 7) is 5.42. The second kappa shape index (κ2) is 10.3. The smallest absolute Gasteiger partial charge is 0.191 e. The predicted octanol–water partition coefficient (Wildman–Crippen LogP) is 5.16. The van der Waals surface area contributed by atoms with Crippen LogP contribution in [0, 0.1) is 5.82 Å². The van der Waals surface area contributed by atoms with E-state index in [-0.39, 0.29) is 17.7 Å². The van der Waals surface area contributed by atoms with Gasteiger partial charge in [0.2, 0.25) is 0 Å². The number of hydrogen-bond acceptors (Lipinski definition) is 6. The SMILES string of the molecule is CCOc1ccc(C(C)=O)cc1CSc1nnc(-c2ccc(F)cc2)n1CC1CCCO1. The first kappa shape index (κ1) is 22.5. The zero-order chi connectivity index (χ0) is 22.5. The number of nitrogens with zero attached hydrogens (tertiary/aromatic N) is 3. The Bertz CT molecular complexity index is 1080. The van der Waals surface area contributed by atoms with E-state index in [4.69, 9.17) is 9.47 Å². The van der Waals surface area contributed by atoms with Crippen molar-refractivity contribution in [2.45, 2.75) is 50.2 Å². The summed E-state index contributed by atoms with van der Waals surface area (Å²) in [5.41, 5.74) is 2.38. The molecule has 168 valence electrons. The molecule has 0 aliphatic carbocycles. The number of carbonyl (C=O) groups excluding carboxylic acids is 1. The summed E-state index contributed by atoms with van der Waals surface area (Å²) in [5.74, 6) is 1.74. The predicted molar refractivity (Wildman–Crippen MR) is 122 cm³/mol. The van der Waals surface area contributed by atoms with Gasteiger partial charge < -0.3 is 9.47 Å². The van der Waals surface area contributed by atoms with Crippen molar-refractivity contribution in [2.24, 2.45) is 0 Å². The summed E-state index contributed by atoms with van der Waals surface area (Å²) in [4.78, 5) is 11.9. The Kier molecular flexibility index (Phi) is 7.22. The highest BCUT2D eigenvalue weighted by atomic mass is 32.2. The molecule has 0 amide bonds. The minimum Gasteiger partial charge on any atom is -0.494 e. The van der Waals surface area contributed by atoms with Crippen molar-refractivity contribution in [1.82, 2.24) is 14.8 Å². The Morgan fingerprint density at radius 2 is 2.06 bits per heavy atom. The van der Waals surface area contributed by atoms with E-state index in [0.717, 1.165) is 41.5 Å². The zero-order valence-corrected chi connectivity index (χ0v) is 19.0. The number of hydrogen-bond donors (Lipinski definition) is 0. The molecule has 1 atom stereocenters. The van der Waals surface area contributed by atoms with E-state index >= 15 is 0 Å². The molecular formula is C24H26FN3O3S. The largest absolute Gasteiger partial charge is 0.494 e. The van der Waals surface area contributed by atoms with Crippen LogP contribution in [0.3, 0.4) is 0 Å². The van der Waals surface area contributed by atoms with Crippen LogP contribution in [-0.4, -0.2) is 39.9 Å². The van der Waals surface area contributed by atoms with E-state index in [1.54, 1.807) is 25.1 Å². The molecule has 1 saturated heterocycles. The van der Waals surface area contributed by atoms with Gasteiger partial charge in [-0.15, -0.1) is 10.2 Å². The van der Waals surface area contributed by atoms with Crippen molar-refractivity contribution in [1.29, 1.82) is 0 Å². The fourth-order valence-electron chi connectivity index (χ4n) is 3.71. The van der Waals surface area contributed by atoms with Gasteiger partial charge in [0.25, 0.3) is 0 Å². The van der Waals surface area contributed by atoms with Crippen LogP contribution in [-0.2, 0) is 17.0 Å². The Hall–Kier alpha value is -2.71. The number of thioether (sulfide) groups is 1. The number of rotatable bonds is 9. The number of benzene rings is 2. The second-order valence-electron chi connectivity index (χ2n) is 7.66. The maximum Gasteiger partial charge on any atom is 0.191 e. The highest BCUT2D eigenvalue weighted by Crippen LogP contribution is 2.31. The van der Waals surface area contributed by atoms with Crippen molar-refractivity contribution >= 4 is 17.5 Å². The first-order chi connectivity index (χ1) is 15.5. The third-order valence-corrected chi connectivity index (χ3v) is 6.37. The molecule has 8 heteroatoms. The van der Waals surface area contributed by atoms with Crippen LogP contribution in [0.5, 0.6) is 5.75 Å². The van der Waals surface area contributed by atoms with E-state index in [9.17, 15) is 9.18 Å². The monoisotopic (exact) mass is 455 g/mol. The molecule has 1 aromatic heterocycles. The van der Waals surface area contributed by atoms with Gasteiger partial charge >= 0.3 is 0 Å². The van der Waals surface area contributed by atoms with Crippen molar-refractivity contribution < 1.29 is 18.7 Å². The fraction of sp³-hybridized carbons (Fsp3) is 0.375. The molecule has 1 aliphatic heterocycles. The summed E-state index contributed by atoms with van der Waals surface area (Å²) < 4.78 is 27.1. The molecule has 1 fully saturated rings. The van der Waals surface area contributed by atoms with Crippen molar-refractivity contribution in [2.75, 3.05) is 13.2 Å². The lowest BCUT2D eigenvalue weighted by Gasteiger charge is -2.15. The van der Waals surface area contributed by atoms with Gasteiger partial charge in [-0.1, -0.05) is 11.8 Å². The second-order valence-corrected chi connectivity index (χ2v) is 8.60. The molecule has 6 nitrogen and oxygen atoms in total. The van der Waals surface area contributed by atoms with E-state index in [1.807, 2.05) is 23.6 Å². The maximum absolute atomic E-state index is 13.4. The topological polar surface area (TPSA) is 66.2 Å². The Morgan fingerprint density at radius 1 is 1.25 bits per heavy atom. The van der Waals surface area contributed by atoms with E-state index in [2.05, 4.69) is 10.2 Å². The van der Waals surface area contributed by atoms with Gasteiger partial charge in [0, 0.05) is 29.1 Å². The molecule has 0 bridgehead atoms. The number of ketones is 1. The summed E-state index contributed by atoms with van der Waals surface area (Å²) in [6.07, 6.45) is 2.13. The van der Waals surface area contributed by atoms with Gasteiger partial charge in [0.05, 0.1) is 19.3 Å². The van der Waals surface area contributed by atoms with Crippen LogP contribution in [0.4, 0.5) is 4.39 Å². The molecule has 0 radical (unpaired) electrons. The third kappa shape index (κ3) is 5.19. The van der Waals surface area contributed by atoms with Gasteiger partial charge in [-0.3, -0.25) is 9.36 Å². The number of carbonyl (C=O) groups is 1. The van der Waals surface area contributed by atoms with Crippen LogP contribution >= 0.6 is 11.8 Å². The van der Waals surface area contributed by atoms with Crippen molar-refractivity contribution in [3.05, 3.63) is 59.4 Å². The summed E-state index contributed by atoms with van der Waals surface area (Å²) >= 11 is 1.53. The van der Waals surface area contributed by atoms with Gasteiger partial charge in [0.15, 0.2) is 16.8 Å². The zero-order valence-electron chi connectivity index (χ0n) is 18.2. The molecule has 0 saturated carbocycles. The molecule has 1 aliphatic rings. The number of Topliss-reactive ketones (excluding diaryl/α,β-unsaturated/α-hetero) is 1. The summed E-state index contributed by atoms with van der Waals surface area (Å²) in [6, 6.07) is 11.8. The minimum atomic E-state index is -0.289. The lowest BCUT2D eigenvalue weighted by Crippen LogP contribution is -2.16. The summed E-state index contributed by atoms with van der Waals surface area (Å²) in [7, 11) is 0. The maximum atomic E-state index is 13.4. The third-order valence-electron chi connectivity index (χ3n) is 5.35. The molecule has 0 N–H and O–H groups in total. The van der Waals surface area contributed by atoms with E-state index in [0.29, 0.717) is 30.3 Å². The molecule has 3 aromatic rings. The van der Waals surface area contributed by atoms with Crippen LogP contribution in [0.25, 0.3) is 11.4 Å². The highest BCUT2D eigenvalue weighted by Gasteiger charge is 2.22. The fourth-order valence-corrected chi connectivity index (χ4v) is 4.64. The Labute approximate surface area is 191 Å². The van der Waals surface area contributed by atoms with Gasteiger partial charge in [-0.25, -0.2) is 4.39 Å². The molecule has 2 heterocycles. The Morgan fingerprint density at radius 3 is 2.75 bits per heavy atom. The highest BCUT2D eigenvalue weighted by molar-refractivity contribution is 7.98. The lowest BCUT2D eigenvalue weighted by molar-refractivity contribution is 0.0953. The number of ether oxygens (including phenoxy) is 2. The van der Waals surface area contributed by atoms with Gasteiger partial charge in [0.1, 0.15) is 11.6 Å². The number of halogens is 1. The van der Waals surface area contributed by atoms with Gasteiger partial charge in [-0.2, -0.15) is 0 Å². The molecule has 2 aromatic carbocycles. The molecule has 1 unspecified atom stereocenters. The van der Waals surface area contributed by atoms with Crippen LogP contribution < -0.4 is 4.74 Å². The average molecular weight is 456 g/mol. The average Bonchev–Trinajstić information content (AvgIpc) is 3.44. The Balaban J connectivity index is 1.62. The normalized spacial score (nSPS) is 15.8. The van der Waals surface area contributed by atoms with E-state index < -0.39 is 0 Å². The van der Waals surface area contributed by atoms with E-state index in [1.165, 1.54) is 23.9 Å². The van der Waals surface area contributed by atoms with Crippen LogP contribution in [0.2, 0.25) is 0 Å². The standard InChI is InChI=1S/C24H26FN3O3S/c1-3-30-22-11-8-18(16(2)29)13-19(22)15-32-24-27-26-23(17-6-9-20(25)10-7-17)28(24)14-21-5-4-12-31-21/h6-11,13,21H,3-5,12,14-15H2,1-2H3. The summed E-state index contributed by atoms with van der Waals surface area (Å²) in [5, 5.41) is 9.57.